The highest BCUT2D eigenvalue weighted by Gasteiger charge is 2.14. The van der Waals surface area contributed by atoms with Crippen molar-refractivity contribution in [2.75, 3.05) is 20.2 Å². The third kappa shape index (κ3) is 4.65. The van der Waals surface area contributed by atoms with Crippen molar-refractivity contribution in [3.63, 3.8) is 0 Å². The van der Waals surface area contributed by atoms with Crippen molar-refractivity contribution in [3.05, 3.63) is 23.8 Å². The maximum atomic E-state index is 12.3. The molecule has 0 bridgehead atoms. The highest BCUT2D eigenvalue weighted by molar-refractivity contribution is 5.94. The summed E-state index contributed by atoms with van der Waals surface area (Å²) in [7, 11) is 1.33. The van der Waals surface area contributed by atoms with Crippen LogP contribution >= 0.6 is 0 Å². The topological polar surface area (TPSA) is 73.6 Å². The van der Waals surface area contributed by atoms with Gasteiger partial charge in [-0.1, -0.05) is 6.92 Å². The number of amides is 1. The molecule has 0 aliphatic carbocycles. The fraction of sp³-hybridized carbons (Fsp3) is 0.462. The molecular formula is C13H18F2N2O3. The van der Waals surface area contributed by atoms with Crippen LogP contribution in [0.1, 0.15) is 17.3 Å². The van der Waals surface area contributed by atoms with Crippen LogP contribution in [0.5, 0.6) is 11.5 Å². The maximum Gasteiger partial charge on any atom is 0.387 e. The molecule has 1 atom stereocenters. The molecule has 20 heavy (non-hydrogen) atoms. The van der Waals surface area contributed by atoms with E-state index in [1.54, 1.807) is 0 Å². The Morgan fingerprint density at radius 3 is 2.65 bits per heavy atom. The molecule has 0 saturated heterocycles. The molecule has 1 unspecified atom stereocenters. The van der Waals surface area contributed by atoms with E-state index in [0.717, 1.165) is 0 Å². The number of halogens is 2. The Kier molecular flexibility index (Phi) is 6.17. The van der Waals surface area contributed by atoms with Gasteiger partial charge in [0, 0.05) is 12.1 Å². The summed E-state index contributed by atoms with van der Waals surface area (Å²) in [5, 5.41) is 2.66. The molecule has 0 aliphatic heterocycles. The lowest BCUT2D eigenvalue weighted by molar-refractivity contribution is -0.0512. The van der Waals surface area contributed by atoms with E-state index in [2.05, 4.69) is 10.1 Å². The largest absolute Gasteiger partial charge is 0.493 e. The highest BCUT2D eigenvalue weighted by atomic mass is 19.3. The van der Waals surface area contributed by atoms with Gasteiger partial charge in [0.15, 0.2) is 11.5 Å². The summed E-state index contributed by atoms with van der Waals surface area (Å²) < 4.78 is 33.8. The zero-order chi connectivity index (χ0) is 15.1. The second kappa shape index (κ2) is 7.64. The number of hydrogen-bond donors (Lipinski definition) is 2. The summed E-state index contributed by atoms with van der Waals surface area (Å²) in [4.78, 5) is 11.9. The summed E-state index contributed by atoms with van der Waals surface area (Å²) in [6, 6.07) is 4.09. The number of nitrogens with two attached hydrogens (primary N) is 1. The van der Waals surface area contributed by atoms with E-state index < -0.39 is 6.61 Å². The second-order valence-corrected chi connectivity index (χ2v) is 4.30. The van der Waals surface area contributed by atoms with Crippen LogP contribution in [0.25, 0.3) is 0 Å². The lowest BCUT2D eigenvalue weighted by atomic mass is 10.1. The number of nitrogens with one attached hydrogen (secondary N) is 1. The Morgan fingerprint density at radius 2 is 2.10 bits per heavy atom. The monoisotopic (exact) mass is 288 g/mol. The molecule has 0 heterocycles. The quantitative estimate of drug-likeness (QED) is 0.799. The Labute approximate surface area is 116 Å². The Balaban J connectivity index is 2.82. The van der Waals surface area contributed by atoms with Gasteiger partial charge >= 0.3 is 6.61 Å². The Bertz CT molecular complexity index is 455. The van der Waals surface area contributed by atoms with Crippen molar-refractivity contribution >= 4 is 5.91 Å². The minimum Gasteiger partial charge on any atom is -0.493 e. The van der Waals surface area contributed by atoms with Gasteiger partial charge in [0.2, 0.25) is 0 Å². The number of carbonyl (C=O) groups is 1. The molecule has 1 rings (SSSR count). The number of methoxy groups -OCH3 is 1. The first kappa shape index (κ1) is 16.2. The van der Waals surface area contributed by atoms with Crippen LogP contribution in [0.3, 0.4) is 0 Å². The van der Waals surface area contributed by atoms with Crippen molar-refractivity contribution in [2.24, 2.45) is 11.7 Å². The van der Waals surface area contributed by atoms with E-state index in [-0.39, 0.29) is 28.9 Å². The van der Waals surface area contributed by atoms with Crippen molar-refractivity contribution in [1.29, 1.82) is 0 Å². The van der Waals surface area contributed by atoms with Crippen LogP contribution in [-0.4, -0.2) is 32.7 Å². The minimum atomic E-state index is -2.99. The van der Waals surface area contributed by atoms with Crippen LogP contribution < -0.4 is 20.5 Å². The van der Waals surface area contributed by atoms with Gasteiger partial charge in [0.1, 0.15) is 0 Å². The van der Waals surface area contributed by atoms with Gasteiger partial charge < -0.3 is 20.5 Å². The fourth-order valence-corrected chi connectivity index (χ4v) is 1.46. The second-order valence-electron chi connectivity index (χ2n) is 4.30. The van der Waals surface area contributed by atoms with Crippen LogP contribution in [0.2, 0.25) is 0 Å². The van der Waals surface area contributed by atoms with Gasteiger partial charge in [-0.2, -0.15) is 8.78 Å². The number of benzene rings is 1. The molecule has 1 amide bonds. The van der Waals surface area contributed by atoms with Crippen LogP contribution in [0.15, 0.2) is 18.2 Å². The summed E-state index contributed by atoms with van der Waals surface area (Å²) in [6.07, 6.45) is 0. The van der Waals surface area contributed by atoms with Crippen LogP contribution in [0, 0.1) is 5.92 Å². The smallest absolute Gasteiger partial charge is 0.387 e. The van der Waals surface area contributed by atoms with Crippen LogP contribution in [0.4, 0.5) is 8.78 Å². The minimum absolute atomic E-state index is 0.133. The van der Waals surface area contributed by atoms with Crippen molar-refractivity contribution in [3.8, 4) is 11.5 Å². The molecule has 0 spiro atoms. The van der Waals surface area contributed by atoms with Crippen molar-refractivity contribution in [2.45, 2.75) is 13.5 Å². The molecule has 0 saturated carbocycles. The molecule has 5 nitrogen and oxygen atoms in total. The lowest BCUT2D eigenvalue weighted by Gasteiger charge is -2.13. The summed E-state index contributed by atoms with van der Waals surface area (Å²) >= 11 is 0. The van der Waals surface area contributed by atoms with Gasteiger partial charge in [0.05, 0.1) is 7.11 Å². The number of hydrogen-bond acceptors (Lipinski definition) is 4. The van der Waals surface area contributed by atoms with Gasteiger partial charge in [-0.25, -0.2) is 0 Å². The standard InChI is InChI=1S/C13H18F2N2O3/c1-8(6-16)7-17-12(18)9-3-4-10(19-2)11(5-9)20-13(14)15/h3-5,8,13H,6-7,16H2,1-2H3,(H,17,18). The predicted molar refractivity (Wildman–Crippen MR) is 70.2 cm³/mol. The first-order valence-corrected chi connectivity index (χ1v) is 6.09. The highest BCUT2D eigenvalue weighted by Crippen LogP contribution is 2.29. The van der Waals surface area contributed by atoms with Crippen LogP contribution in [-0.2, 0) is 0 Å². The molecule has 1 aromatic carbocycles. The SMILES string of the molecule is COc1ccc(C(=O)NCC(C)CN)cc1OC(F)F. The van der Waals surface area contributed by atoms with Crippen molar-refractivity contribution < 1.29 is 23.0 Å². The number of alkyl halides is 2. The molecular weight excluding hydrogens is 270 g/mol. The summed E-state index contributed by atoms with van der Waals surface area (Å²) in [6.45, 7) is -0.242. The van der Waals surface area contributed by atoms with E-state index in [4.69, 9.17) is 10.5 Å². The molecule has 0 aromatic heterocycles. The predicted octanol–water partition coefficient (Wildman–Crippen LogP) is 1.62. The van der Waals surface area contributed by atoms with E-state index >= 15 is 0 Å². The van der Waals surface area contributed by atoms with E-state index in [1.165, 1.54) is 25.3 Å². The summed E-state index contributed by atoms with van der Waals surface area (Å²) in [5.41, 5.74) is 5.66. The number of carbonyl (C=O) groups excluding carboxylic acids is 1. The molecule has 0 fully saturated rings. The molecule has 112 valence electrons. The lowest BCUT2D eigenvalue weighted by Crippen LogP contribution is -2.31. The maximum absolute atomic E-state index is 12.3. The molecule has 0 aliphatic rings. The van der Waals surface area contributed by atoms with E-state index in [1.807, 2.05) is 6.92 Å². The number of rotatable bonds is 7. The average Bonchev–Trinajstić information content (AvgIpc) is 2.43. The Hall–Kier alpha value is -1.89. The van der Waals surface area contributed by atoms with Gasteiger partial charge in [-0.15, -0.1) is 0 Å². The third-order valence-corrected chi connectivity index (χ3v) is 2.66. The summed E-state index contributed by atoms with van der Waals surface area (Å²) in [5.74, 6) is -0.291. The first-order valence-electron chi connectivity index (χ1n) is 6.09. The average molecular weight is 288 g/mol. The number of ether oxygens (including phenoxy) is 2. The Morgan fingerprint density at radius 1 is 1.40 bits per heavy atom. The molecule has 0 radical (unpaired) electrons. The van der Waals surface area contributed by atoms with Crippen molar-refractivity contribution in [1.82, 2.24) is 5.32 Å². The van der Waals surface area contributed by atoms with Gasteiger partial charge in [-0.05, 0) is 30.7 Å². The zero-order valence-corrected chi connectivity index (χ0v) is 11.4. The van der Waals surface area contributed by atoms with E-state index in [0.29, 0.717) is 13.1 Å². The first-order chi connectivity index (χ1) is 9.47. The van der Waals surface area contributed by atoms with Gasteiger partial charge in [0.25, 0.3) is 5.91 Å². The molecule has 3 N–H and O–H groups in total. The van der Waals surface area contributed by atoms with E-state index in [9.17, 15) is 13.6 Å². The molecule has 1 aromatic rings. The fourth-order valence-electron chi connectivity index (χ4n) is 1.46. The molecule has 7 heteroatoms. The van der Waals surface area contributed by atoms with Gasteiger partial charge in [-0.3, -0.25) is 4.79 Å². The zero-order valence-electron chi connectivity index (χ0n) is 11.4. The normalized spacial score (nSPS) is 12.1. The third-order valence-electron chi connectivity index (χ3n) is 2.66.